The molecule has 1 aromatic heterocycles. The minimum Gasteiger partial charge on any atom is -0.543 e. The van der Waals surface area contributed by atoms with Crippen LogP contribution in [0.5, 0.6) is 5.75 Å². The van der Waals surface area contributed by atoms with Crippen molar-refractivity contribution in [1.29, 1.82) is 0 Å². The maximum absolute atomic E-state index is 12.4. The normalized spacial score (nSPS) is 13.2. The maximum atomic E-state index is 12.4. The van der Waals surface area contributed by atoms with Crippen molar-refractivity contribution in [2.75, 3.05) is 0 Å². The molecule has 0 saturated heterocycles. The van der Waals surface area contributed by atoms with Crippen LogP contribution in [0.2, 0.25) is 18.1 Å². The summed E-state index contributed by atoms with van der Waals surface area (Å²) >= 11 is 0. The molecule has 5 heteroatoms. The Labute approximate surface area is 152 Å². The van der Waals surface area contributed by atoms with Gasteiger partial charge in [0.2, 0.25) is 8.32 Å². The maximum Gasteiger partial charge on any atom is 0.419 e. The van der Waals surface area contributed by atoms with Crippen molar-refractivity contribution in [3.05, 3.63) is 36.9 Å². The van der Waals surface area contributed by atoms with Gasteiger partial charge in [-0.25, -0.2) is 9.36 Å². The average Bonchev–Trinajstić information content (AvgIpc) is 2.69. The highest BCUT2D eigenvalue weighted by atomic mass is 28.4. The van der Waals surface area contributed by atoms with Gasteiger partial charge in [0, 0.05) is 18.0 Å². The van der Waals surface area contributed by atoms with E-state index in [4.69, 9.17) is 16.1 Å². The smallest absolute Gasteiger partial charge is 0.419 e. The molecular weight excluding hydrogens is 330 g/mol. The lowest BCUT2D eigenvalue weighted by molar-refractivity contribution is 0.0543. The number of hydrogen-bond donors (Lipinski definition) is 0. The van der Waals surface area contributed by atoms with E-state index in [9.17, 15) is 4.79 Å². The summed E-state index contributed by atoms with van der Waals surface area (Å²) in [5.41, 5.74) is 0.494. The monoisotopic (exact) mass is 359 g/mol. The molecule has 0 amide bonds. The number of benzene rings is 1. The van der Waals surface area contributed by atoms with Crippen molar-refractivity contribution in [3.63, 3.8) is 0 Å². The molecule has 0 aliphatic carbocycles. The Morgan fingerprint density at radius 3 is 2.20 bits per heavy atom. The summed E-state index contributed by atoms with van der Waals surface area (Å²) in [6.07, 6.45) is -0.474. The highest BCUT2D eigenvalue weighted by Gasteiger charge is 2.39. The third-order valence-corrected chi connectivity index (χ3v) is 8.92. The highest BCUT2D eigenvalue weighted by molar-refractivity contribution is 6.74. The Morgan fingerprint density at radius 2 is 1.68 bits per heavy atom. The Morgan fingerprint density at radius 1 is 1.08 bits per heavy atom. The van der Waals surface area contributed by atoms with Crippen molar-refractivity contribution in [2.45, 2.75) is 65.3 Å². The van der Waals surface area contributed by atoms with Gasteiger partial charge in [0.05, 0.1) is 5.52 Å². The molecule has 0 bridgehead atoms. The van der Waals surface area contributed by atoms with Gasteiger partial charge >= 0.3 is 6.09 Å². The molecule has 1 heterocycles. The molecule has 0 fully saturated rings. The molecule has 0 saturated carbocycles. The van der Waals surface area contributed by atoms with Gasteiger partial charge in [-0.2, -0.15) is 0 Å². The van der Waals surface area contributed by atoms with Gasteiger partial charge in [0.15, 0.2) is 0 Å². The van der Waals surface area contributed by atoms with Gasteiger partial charge < -0.3 is 9.16 Å². The second kappa shape index (κ2) is 6.20. The molecule has 0 unspecified atom stereocenters. The number of aromatic nitrogens is 1. The number of carbonyl (C=O) groups is 1. The fraction of sp³-hybridized carbons (Fsp3) is 0.500. The van der Waals surface area contributed by atoms with Crippen molar-refractivity contribution >= 4 is 25.3 Å². The summed E-state index contributed by atoms with van der Waals surface area (Å²) in [6, 6.07) is 7.46. The Hall–Kier alpha value is -1.75. The number of fused-ring (bicyclic) bond motifs is 1. The van der Waals surface area contributed by atoms with Gasteiger partial charge in [-0.05, 0) is 63.2 Å². The quantitative estimate of drug-likeness (QED) is 0.630. The van der Waals surface area contributed by atoms with Crippen LogP contribution in [-0.2, 0) is 4.74 Å². The van der Waals surface area contributed by atoms with E-state index >= 15 is 0 Å². The molecule has 0 aliphatic rings. The van der Waals surface area contributed by atoms with Gasteiger partial charge in [-0.1, -0.05) is 20.8 Å². The second-order valence-electron chi connectivity index (χ2n) is 8.97. The lowest BCUT2D eigenvalue weighted by atomic mass is 10.2. The van der Waals surface area contributed by atoms with Gasteiger partial charge in [-0.15, -0.1) is 0 Å². The minimum atomic E-state index is -1.92. The molecule has 2 radical (unpaired) electrons. The first kappa shape index (κ1) is 19.6. The van der Waals surface area contributed by atoms with E-state index in [2.05, 4.69) is 33.9 Å². The first-order valence-electron chi connectivity index (χ1n) is 8.55. The Balaban J connectivity index is 2.39. The molecule has 25 heavy (non-hydrogen) atoms. The Bertz CT molecular complexity index is 792. The zero-order chi connectivity index (χ0) is 19.2. The van der Waals surface area contributed by atoms with E-state index in [1.807, 2.05) is 39.0 Å². The van der Waals surface area contributed by atoms with Crippen LogP contribution in [0, 0.1) is 6.92 Å². The van der Waals surface area contributed by atoms with Crippen LogP contribution in [0.3, 0.4) is 0 Å². The number of hydrogen-bond acceptors (Lipinski definition) is 3. The van der Waals surface area contributed by atoms with Gasteiger partial charge in [0.1, 0.15) is 11.4 Å². The second-order valence-corrected chi connectivity index (χ2v) is 13.7. The molecule has 0 spiro atoms. The van der Waals surface area contributed by atoms with Crippen molar-refractivity contribution in [2.24, 2.45) is 0 Å². The summed E-state index contributed by atoms with van der Waals surface area (Å²) in [6.45, 7) is 22.6. The predicted octanol–water partition coefficient (Wildman–Crippen LogP) is 5.87. The zero-order valence-corrected chi connectivity index (χ0v) is 17.6. The van der Waals surface area contributed by atoms with Crippen LogP contribution in [0.4, 0.5) is 4.79 Å². The van der Waals surface area contributed by atoms with E-state index in [0.717, 1.165) is 11.1 Å². The van der Waals surface area contributed by atoms with Crippen LogP contribution in [-0.4, -0.2) is 24.6 Å². The predicted molar refractivity (Wildman–Crippen MR) is 105 cm³/mol. The van der Waals surface area contributed by atoms with E-state index in [1.165, 1.54) is 4.57 Å². The number of ether oxygens (including phenoxy) is 1. The van der Waals surface area contributed by atoms with E-state index < -0.39 is 20.0 Å². The SMILES string of the molecule is [CH]c1cc2cc(O[Si](C)(C)C(C)(C)C)ccc2n1C(=O)OC(C)(C)C. The Kier molecular flexibility index (Phi) is 4.85. The fourth-order valence-corrected chi connectivity index (χ4v) is 3.26. The lowest BCUT2D eigenvalue weighted by Crippen LogP contribution is -2.43. The molecule has 1 aromatic carbocycles. The van der Waals surface area contributed by atoms with Crippen molar-refractivity contribution < 1.29 is 14.0 Å². The first-order valence-corrected chi connectivity index (χ1v) is 11.5. The molecule has 0 N–H and O–H groups in total. The molecule has 0 atom stereocenters. The van der Waals surface area contributed by atoms with Crippen LogP contribution in [0.1, 0.15) is 47.2 Å². The molecule has 2 rings (SSSR count). The molecule has 2 aromatic rings. The summed E-state index contributed by atoms with van der Waals surface area (Å²) in [5, 5.41) is 0.975. The van der Waals surface area contributed by atoms with E-state index in [-0.39, 0.29) is 5.04 Å². The topological polar surface area (TPSA) is 40.5 Å². The van der Waals surface area contributed by atoms with Gasteiger partial charge in [0.25, 0.3) is 0 Å². The fourth-order valence-electron chi connectivity index (χ4n) is 2.24. The summed E-state index contributed by atoms with van der Waals surface area (Å²) in [5.74, 6) is 0.806. The van der Waals surface area contributed by atoms with E-state index in [1.54, 1.807) is 6.07 Å². The minimum absolute atomic E-state index is 0.115. The summed E-state index contributed by atoms with van der Waals surface area (Å²) in [7, 11) is -1.92. The molecule has 4 nitrogen and oxygen atoms in total. The average molecular weight is 360 g/mol. The summed E-state index contributed by atoms with van der Waals surface area (Å²) in [4.78, 5) is 12.4. The third-order valence-electron chi connectivity index (χ3n) is 4.56. The van der Waals surface area contributed by atoms with Crippen LogP contribution in [0.25, 0.3) is 10.9 Å². The zero-order valence-electron chi connectivity index (χ0n) is 16.6. The highest BCUT2D eigenvalue weighted by Crippen LogP contribution is 2.38. The number of rotatable bonds is 2. The number of carbonyl (C=O) groups excluding carboxylic acids is 1. The van der Waals surface area contributed by atoms with Crippen molar-refractivity contribution in [3.8, 4) is 5.75 Å². The molecule has 0 aliphatic heterocycles. The molecule has 136 valence electrons. The molecular formula is C20H29NO3Si. The van der Waals surface area contributed by atoms with Crippen LogP contribution in [0.15, 0.2) is 24.3 Å². The standard InChI is InChI=1S/C20H29NO3Si/c1-14-12-15-13-16(24-25(8,9)20(5,6)7)10-11-17(15)21(14)18(22)23-19(2,3)4/h1,10-13H,2-9H3. The number of nitrogens with zero attached hydrogens (tertiary/aromatic N) is 1. The lowest BCUT2D eigenvalue weighted by Gasteiger charge is -2.36. The van der Waals surface area contributed by atoms with Crippen molar-refractivity contribution in [1.82, 2.24) is 4.57 Å². The van der Waals surface area contributed by atoms with Crippen LogP contribution >= 0.6 is 0 Å². The van der Waals surface area contributed by atoms with Crippen LogP contribution < -0.4 is 4.43 Å². The van der Waals surface area contributed by atoms with Gasteiger partial charge in [-0.3, -0.25) is 0 Å². The van der Waals surface area contributed by atoms with E-state index in [0.29, 0.717) is 11.2 Å². The third kappa shape index (κ3) is 4.26. The first-order chi connectivity index (χ1) is 11.2. The largest absolute Gasteiger partial charge is 0.543 e. The summed E-state index contributed by atoms with van der Waals surface area (Å²) < 4.78 is 13.2.